The lowest BCUT2D eigenvalue weighted by Gasteiger charge is -2.25. The van der Waals surface area contributed by atoms with Crippen LogP contribution >= 0.6 is 0 Å². The molecule has 0 saturated heterocycles. The van der Waals surface area contributed by atoms with E-state index in [0.717, 1.165) is 16.5 Å². The molecule has 1 heterocycles. The summed E-state index contributed by atoms with van der Waals surface area (Å²) in [7, 11) is 0. The Bertz CT molecular complexity index is 832. The fraction of sp³-hybridized carbons (Fsp3) is 0.167. The van der Waals surface area contributed by atoms with Gasteiger partial charge in [0.05, 0.1) is 24.3 Å². The van der Waals surface area contributed by atoms with Gasteiger partial charge < -0.3 is 14.8 Å². The average Bonchev–Trinajstić information content (AvgIpc) is 2.99. The Morgan fingerprint density at radius 3 is 2.68 bits per heavy atom. The van der Waals surface area contributed by atoms with Crippen LogP contribution in [-0.2, 0) is 0 Å². The average molecular weight is 292 g/mol. The Hall–Kier alpha value is -2.61. The fourth-order valence-corrected chi connectivity index (χ4v) is 2.81. The van der Waals surface area contributed by atoms with E-state index in [1.807, 2.05) is 47.2 Å². The van der Waals surface area contributed by atoms with E-state index in [1.54, 1.807) is 18.2 Å². The molecule has 0 amide bonds. The fourth-order valence-electron chi connectivity index (χ4n) is 2.81. The third-order valence-corrected chi connectivity index (χ3v) is 3.84. The van der Waals surface area contributed by atoms with Gasteiger partial charge in [-0.05, 0) is 35.2 Å². The van der Waals surface area contributed by atoms with Gasteiger partial charge in [0.15, 0.2) is 0 Å². The van der Waals surface area contributed by atoms with Crippen molar-refractivity contribution in [2.75, 3.05) is 6.61 Å². The lowest BCUT2D eigenvalue weighted by atomic mass is 9.99. The van der Waals surface area contributed by atoms with E-state index in [1.165, 1.54) is 0 Å². The van der Waals surface area contributed by atoms with Crippen LogP contribution < -0.4 is 0 Å². The Morgan fingerprint density at radius 1 is 1.09 bits per heavy atom. The van der Waals surface area contributed by atoms with Gasteiger partial charge in [0.25, 0.3) is 0 Å². The van der Waals surface area contributed by atoms with Crippen LogP contribution in [0.25, 0.3) is 10.9 Å². The first kappa shape index (κ1) is 14.3. The minimum Gasteiger partial charge on any atom is -0.394 e. The van der Waals surface area contributed by atoms with Crippen LogP contribution in [0.3, 0.4) is 0 Å². The summed E-state index contributed by atoms with van der Waals surface area (Å²) in [5.74, 6) is 0. The smallest absolute Gasteiger partial charge is 0.102 e. The molecule has 0 aliphatic carbocycles. The largest absolute Gasteiger partial charge is 0.394 e. The molecule has 4 nitrogen and oxygen atoms in total. The first-order valence-electron chi connectivity index (χ1n) is 7.09. The molecule has 110 valence electrons. The molecule has 2 atom stereocenters. The highest BCUT2D eigenvalue weighted by Crippen LogP contribution is 2.28. The number of nitriles is 1. The number of aliphatic hydroxyl groups excluding tert-OH is 2. The molecule has 1 aromatic heterocycles. The summed E-state index contributed by atoms with van der Waals surface area (Å²) >= 11 is 0. The summed E-state index contributed by atoms with van der Waals surface area (Å²) in [6, 6.07) is 18.6. The van der Waals surface area contributed by atoms with Crippen LogP contribution in [0.1, 0.15) is 17.2 Å². The van der Waals surface area contributed by atoms with E-state index in [-0.39, 0.29) is 6.61 Å². The standard InChI is InChI=1S/C18H16N2O2/c19-11-13-4-3-6-15(10-13)18(17(22)12-21)20-9-8-14-5-1-2-7-16(14)20/h1-10,17-18,21-22H,12H2. The zero-order valence-electron chi connectivity index (χ0n) is 11.9. The summed E-state index contributed by atoms with van der Waals surface area (Å²) in [5, 5.41) is 29.9. The van der Waals surface area contributed by atoms with Crippen molar-refractivity contribution >= 4 is 10.9 Å². The molecule has 22 heavy (non-hydrogen) atoms. The minimum absolute atomic E-state index is 0.353. The van der Waals surface area contributed by atoms with Crippen molar-refractivity contribution in [3.8, 4) is 6.07 Å². The quantitative estimate of drug-likeness (QED) is 0.776. The van der Waals surface area contributed by atoms with Crippen LogP contribution in [0.2, 0.25) is 0 Å². The summed E-state index contributed by atoms with van der Waals surface area (Å²) in [6.07, 6.45) is 0.942. The second-order valence-electron chi connectivity index (χ2n) is 5.21. The van der Waals surface area contributed by atoms with Gasteiger partial charge in [0.2, 0.25) is 0 Å². The highest BCUT2D eigenvalue weighted by atomic mass is 16.3. The van der Waals surface area contributed by atoms with Crippen molar-refractivity contribution in [1.82, 2.24) is 4.57 Å². The molecular formula is C18H16N2O2. The number of para-hydroxylation sites is 1. The molecule has 0 fully saturated rings. The summed E-state index contributed by atoms with van der Waals surface area (Å²) < 4.78 is 1.94. The third kappa shape index (κ3) is 2.48. The number of hydrogen-bond donors (Lipinski definition) is 2. The van der Waals surface area contributed by atoms with Crippen LogP contribution in [0.15, 0.2) is 60.8 Å². The maximum absolute atomic E-state index is 10.3. The van der Waals surface area contributed by atoms with E-state index in [0.29, 0.717) is 5.56 Å². The van der Waals surface area contributed by atoms with Gasteiger partial charge in [-0.1, -0.05) is 30.3 Å². The molecular weight excluding hydrogens is 276 g/mol. The highest BCUT2D eigenvalue weighted by molar-refractivity contribution is 5.80. The predicted octanol–water partition coefficient (Wildman–Crippen LogP) is 2.46. The van der Waals surface area contributed by atoms with Crippen LogP contribution in [0, 0.1) is 11.3 Å². The van der Waals surface area contributed by atoms with Crippen LogP contribution in [0.5, 0.6) is 0 Å². The SMILES string of the molecule is N#Cc1cccc(C(C(O)CO)n2ccc3ccccc32)c1. The molecule has 2 N–H and O–H groups in total. The van der Waals surface area contributed by atoms with Crippen molar-refractivity contribution in [3.05, 3.63) is 71.9 Å². The first-order chi connectivity index (χ1) is 10.7. The van der Waals surface area contributed by atoms with Gasteiger partial charge in [-0.25, -0.2) is 0 Å². The molecule has 3 aromatic rings. The van der Waals surface area contributed by atoms with E-state index in [2.05, 4.69) is 6.07 Å². The van der Waals surface area contributed by atoms with E-state index < -0.39 is 12.1 Å². The van der Waals surface area contributed by atoms with Crippen molar-refractivity contribution in [2.45, 2.75) is 12.1 Å². The van der Waals surface area contributed by atoms with E-state index in [9.17, 15) is 10.2 Å². The second-order valence-corrected chi connectivity index (χ2v) is 5.21. The number of nitrogens with zero attached hydrogens (tertiary/aromatic N) is 2. The number of benzene rings is 2. The monoisotopic (exact) mass is 292 g/mol. The van der Waals surface area contributed by atoms with Crippen LogP contribution in [-0.4, -0.2) is 27.5 Å². The number of aliphatic hydroxyl groups is 2. The van der Waals surface area contributed by atoms with Crippen molar-refractivity contribution in [2.24, 2.45) is 0 Å². The maximum atomic E-state index is 10.3. The van der Waals surface area contributed by atoms with E-state index in [4.69, 9.17) is 5.26 Å². The molecule has 0 spiro atoms. The summed E-state index contributed by atoms with van der Waals surface area (Å²) in [6.45, 7) is -0.353. The Morgan fingerprint density at radius 2 is 1.91 bits per heavy atom. The Labute approximate surface area is 128 Å². The Balaban J connectivity index is 2.16. The molecule has 4 heteroatoms. The predicted molar refractivity (Wildman–Crippen MR) is 84.3 cm³/mol. The highest BCUT2D eigenvalue weighted by Gasteiger charge is 2.23. The topological polar surface area (TPSA) is 69.2 Å². The normalized spacial score (nSPS) is 13.7. The van der Waals surface area contributed by atoms with Gasteiger partial charge in [0.1, 0.15) is 6.10 Å². The molecule has 0 bridgehead atoms. The number of hydrogen-bond acceptors (Lipinski definition) is 3. The lowest BCUT2D eigenvalue weighted by molar-refractivity contribution is 0.0654. The first-order valence-corrected chi connectivity index (χ1v) is 7.09. The maximum Gasteiger partial charge on any atom is 0.102 e. The molecule has 0 aliphatic rings. The van der Waals surface area contributed by atoms with Crippen molar-refractivity contribution in [3.63, 3.8) is 0 Å². The molecule has 0 radical (unpaired) electrons. The van der Waals surface area contributed by atoms with Crippen LogP contribution in [0.4, 0.5) is 0 Å². The molecule has 0 saturated carbocycles. The zero-order valence-corrected chi connectivity index (χ0v) is 11.9. The van der Waals surface area contributed by atoms with Gasteiger partial charge in [-0.2, -0.15) is 5.26 Å². The number of fused-ring (bicyclic) bond motifs is 1. The van der Waals surface area contributed by atoms with Crippen molar-refractivity contribution < 1.29 is 10.2 Å². The summed E-state index contributed by atoms with van der Waals surface area (Å²) in [4.78, 5) is 0. The lowest BCUT2D eigenvalue weighted by Crippen LogP contribution is -2.28. The van der Waals surface area contributed by atoms with Gasteiger partial charge in [-0.15, -0.1) is 0 Å². The van der Waals surface area contributed by atoms with Gasteiger partial charge in [-0.3, -0.25) is 0 Å². The minimum atomic E-state index is -0.954. The zero-order chi connectivity index (χ0) is 15.5. The third-order valence-electron chi connectivity index (χ3n) is 3.84. The molecule has 0 aliphatic heterocycles. The van der Waals surface area contributed by atoms with Crippen molar-refractivity contribution in [1.29, 1.82) is 5.26 Å². The Kier molecular flexibility index (Phi) is 3.92. The molecule has 2 aromatic carbocycles. The van der Waals surface area contributed by atoms with E-state index >= 15 is 0 Å². The summed E-state index contributed by atoms with van der Waals surface area (Å²) in [5.41, 5.74) is 2.30. The van der Waals surface area contributed by atoms with Gasteiger partial charge >= 0.3 is 0 Å². The number of rotatable bonds is 4. The molecule has 2 unspecified atom stereocenters. The van der Waals surface area contributed by atoms with Gasteiger partial charge in [0, 0.05) is 11.7 Å². The second kappa shape index (κ2) is 6.02. The molecule has 3 rings (SSSR count). The number of aromatic nitrogens is 1.